The molecule has 61 heavy (non-hydrogen) atoms. The van der Waals surface area contributed by atoms with Crippen molar-refractivity contribution in [1.29, 1.82) is 0 Å². The molecule has 3 fully saturated rings. The van der Waals surface area contributed by atoms with Crippen molar-refractivity contribution in [2.24, 2.45) is 5.92 Å². The summed E-state index contributed by atoms with van der Waals surface area (Å²) in [4.78, 5) is 83.8. The molecule has 7 heterocycles. The first-order chi connectivity index (χ1) is 29.4. The molecular weight excluding hydrogens is 777 g/mol. The van der Waals surface area contributed by atoms with E-state index in [0.29, 0.717) is 51.5 Å². The lowest BCUT2D eigenvalue weighted by molar-refractivity contribution is -0.136. The Kier molecular flexibility index (Phi) is 10.4. The summed E-state index contributed by atoms with van der Waals surface area (Å²) in [6, 6.07) is 18.0. The summed E-state index contributed by atoms with van der Waals surface area (Å²) in [5, 5.41) is 16.5. The van der Waals surface area contributed by atoms with E-state index in [1.807, 2.05) is 18.2 Å². The van der Waals surface area contributed by atoms with E-state index in [-0.39, 0.29) is 24.9 Å². The first-order valence-corrected chi connectivity index (χ1v) is 20.9. The molecule has 16 heteroatoms. The van der Waals surface area contributed by atoms with Gasteiger partial charge in [0.2, 0.25) is 17.8 Å². The molecule has 0 aliphatic carbocycles. The highest BCUT2D eigenvalue weighted by Crippen LogP contribution is 2.34. The Morgan fingerprint density at radius 1 is 0.918 bits per heavy atom. The molecule has 3 aromatic heterocycles. The number of fused-ring (bicyclic) bond motifs is 2. The lowest BCUT2D eigenvalue weighted by atomic mass is 9.89. The maximum atomic E-state index is 13.4. The molecule has 9 rings (SSSR count). The Morgan fingerprint density at radius 3 is 2.43 bits per heavy atom. The van der Waals surface area contributed by atoms with Crippen LogP contribution in [0.15, 0.2) is 84.3 Å². The summed E-state index contributed by atoms with van der Waals surface area (Å²) in [7, 11) is 0. The largest absolute Gasteiger partial charge is 0.384 e. The van der Waals surface area contributed by atoms with E-state index in [4.69, 9.17) is 4.98 Å². The van der Waals surface area contributed by atoms with Gasteiger partial charge in [0.05, 0.1) is 23.4 Å². The summed E-state index contributed by atoms with van der Waals surface area (Å²) < 4.78 is 3.14. The van der Waals surface area contributed by atoms with E-state index < -0.39 is 35.3 Å². The van der Waals surface area contributed by atoms with Crippen molar-refractivity contribution in [1.82, 2.24) is 39.4 Å². The molecule has 314 valence electrons. The number of nitrogens with one attached hydrogen (secondary N) is 2. The van der Waals surface area contributed by atoms with Gasteiger partial charge in [0.15, 0.2) is 11.5 Å². The maximum Gasteiger partial charge on any atom is 0.278 e. The Balaban J connectivity index is 0.802. The van der Waals surface area contributed by atoms with E-state index >= 15 is 0 Å². The van der Waals surface area contributed by atoms with Gasteiger partial charge >= 0.3 is 0 Å². The number of imide groups is 2. The van der Waals surface area contributed by atoms with Gasteiger partial charge < -0.3 is 20.2 Å². The number of carbonyl (C=O) groups excluding carboxylic acids is 4. The smallest absolute Gasteiger partial charge is 0.278 e. The normalized spacial score (nSPS) is 20.1. The lowest BCUT2D eigenvalue weighted by Crippen LogP contribution is -2.54. The van der Waals surface area contributed by atoms with Crippen molar-refractivity contribution >= 4 is 52.0 Å². The molecule has 2 aromatic carbocycles. The summed E-state index contributed by atoms with van der Waals surface area (Å²) in [6.45, 7) is 12.1. The summed E-state index contributed by atoms with van der Waals surface area (Å²) >= 11 is 0. The first-order valence-electron chi connectivity index (χ1n) is 20.9. The van der Waals surface area contributed by atoms with Gasteiger partial charge in [-0.2, -0.15) is 4.98 Å². The van der Waals surface area contributed by atoms with Crippen LogP contribution >= 0.6 is 0 Å². The minimum Gasteiger partial charge on any atom is -0.384 e. The molecule has 0 spiro atoms. The number of carbonyl (C=O) groups is 4. The predicted molar refractivity (Wildman–Crippen MR) is 228 cm³/mol. The van der Waals surface area contributed by atoms with Crippen molar-refractivity contribution in [2.75, 3.05) is 42.9 Å². The number of pyridine rings is 1. The number of nitrogens with zero attached hydrogens (tertiary/aromatic N) is 8. The summed E-state index contributed by atoms with van der Waals surface area (Å²) in [5.41, 5.74) is 2.99. The standard InChI is InChI=1S/C45H48N10O6/c1-4-19-53-41(58)34-24-46-44(50-39(34)55(53)37-7-5-6-36(48-37)45(2,3)61)47-30-10-8-28(9-11-30)29-17-20-51(21-18-29)25-27-16-22-52(26-27)31-12-13-32-33(23-31)43(60)54(42(32)59)35-14-15-38(56)49-40(35)57/h4-13,23-24,27,29,35,61H,1,14-22,25-26H2,2-3H3,(H,46,47,50)(H,49,56,57). The third kappa shape index (κ3) is 7.61. The molecule has 2 unspecified atom stereocenters. The first kappa shape index (κ1) is 39.9. The average molecular weight is 825 g/mol. The number of hydrogen-bond donors (Lipinski definition) is 3. The zero-order valence-electron chi connectivity index (χ0n) is 34.2. The molecular formula is C45H48N10O6. The van der Waals surface area contributed by atoms with Crippen LogP contribution in [0.25, 0.3) is 16.9 Å². The second-order valence-electron chi connectivity index (χ2n) is 17.0. The van der Waals surface area contributed by atoms with E-state index in [9.17, 15) is 29.1 Å². The molecule has 4 aliphatic heterocycles. The number of benzene rings is 2. The molecule has 4 amide bonds. The molecule has 3 N–H and O–H groups in total. The summed E-state index contributed by atoms with van der Waals surface area (Å²) in [6.07, 6.45) is 6.51. The highest BCUT2D eigenvalue weighted by molar-refractivity contribution is 6.23. The van der Waals surface area contributed by atoms with Gasteiger partial charge in [-0.15, -0.1) is 6.58 Å². The molecule has 0 radical (unpaired) electrons. The minimum absolute atomic E-state index is 0.0883. The number of piperidine rings is 2. The number of rotatable bonds is 11. The average Bonchev–Trinajstić information content (AvgIpc) is 3.90. The van der Waals surface area contributed by atoms with Crippen LogP contribution in [0, 0.1) is 5.92 Å². The van der Waals surface area contributed by atoms with Crippen LogP contribution in [-0.2, 0) is 21.7 Å². The molecule has 0 saturated carbocycles. The fraction of sp³-hybridized carbons (Fsp3) is 0.378. The Hall–Kier alpha value is -6.52. The fourth-order valence-corrected chi connectivity index (χ4v) is 9.14. The van der Waals surface area contributed by atoms with Gasteiger partial charge in [-0.05, 0) is 112 Å². The second kappa shape index (κ2) is 15.8. The topological polar surface area (TPSA) is 188 Å². The van der Waals surface area contributed by atoms with E-state index in [1.165, 1.54) is 16.4 Å². The van der Waals surface area contributed by atoms with Crippen LogP contribution in [0.3, 0.4) is 0 Å². The van der Waals surface area contributed by atoms with Crippen LogP contribution in [0.4, 0.5) is 17.3 Å². The molecule has 2 atom stereocenters. The molecule has 3 saturated heterocycles. The van der Waals surface area contributed by atoms with E-state index in [0.717, 1.165) is 68.3 Å². The maximum absolute atomic E-state index is 13.4. The van der Waals surface area contributed by atoms with Crippen molar-refractivity contribution in [2.45, 2.75) is 70.1 Å². The van der Waals surface area contributed by atoms with Crippen LogP contribution in [0.2, 0.25) is 0 Å². The van der Waals surface area contributed by atoms with Gasteiger partial charge in [0.1, 0.15) is 17.0 Å². The Labute approximate surface area is 351 Å². The van der Waals surface area contributed by atoms with Gasteiger partial charge in [-0.25, -0.2) is 19.3 Å². The van der Waals surface area contributed by atoms with Crippen molar-refractivity contribution in [3.8, 4) is 5.82 Å². The van der Waals surface area contributed by atoms with Crippen molar-refractivity contribution in [3.63, 3.8) is 0 Å². The van der Waals surface area contributed by atoms with Crippen LogP contribution in [0.1, 0.15) is 83.8 Å². The van der Waals surface area contributed by atoms with Crippen LogP contribution < -0.4 is 21.1 Å². The predicted octanol–water partition coefficient (Wildman–Crippen LogP) is 4.24. The lowest BCUT2D eigenvalue weighted by Gasteiger charge is -2.34. The van der Waals surface area contributed by atoms with Crippen molar-refractivity contribution in [3.05, 3.63) is 112 Å². The number of likely N-dealkylation sites (tertiary alicyclic amines) is 1. The number of allylic oxidation sites excluding steroid dienone is 1. The Morgan fingerprint density at radius 2 is 1.69 bits per heavy atom. The van der Waals surface area contributed by atoms with Crippen LogP contribution in [-0.4, -0.2) is 102 Å². The Bertz CT molecular complexity index is 2640. The zero-order valence-corrected chi connectivity index (χ0v) is 34.2. The summed E-state index contributed by atoms with van der Waals surface area (Å²) in [5.74, 6) is -0.297. The molecule has 5 aromatic rings. The fourth-order valence-electron chi connectivity index (χ4n) is 9.14. The van der Waals surface area contributed by atoms with Crippen molar-refractivity contribution < 1.29 is 24.3 Å². The number of amides is 4. The molecule has 0 bridgehead atoms. The molecule has 4 aliphatic rings. The van der Waals surface area contributed by atoms with E-state index in [2.05, 4.69) is 49.1 Å². The highest BCUT2D eigenvalue weighted by Gasteiger charge is 2.45. The van der Waals surface area contributed by atoms with Gasteiger partial charge in [-0.3, -0.25) is 34.2 Å². The monoisotopic (exact) mass is 824 g/mol. The molecule has 16 nitrogen and oxygen atoms in total. The number of aromatic nitrogens is 5. The van der Waals surface area contributed by atoms with Gasteiger partial charge in [-0.1, -0.05) is 24.3 Å². The van der Waals surface area contributed by atoms with Gasteiger partial charge in [0.25, 0.3) is 17.4 Å². The van der Waals surface area contributed by atoms with Gasteiger partial charge in [0, 0.05) is 43.6 Å². The highest BCUT2D eigenvalue weighted by atomic mass is 16.3. The second-order valence-corrected chi connectivity index (χ2v) is 17.0. The quantitative estimate of drug-likeness (QED) is 0.127. The zero-order chi connectivity index (χ0) is 42.6. The third-order valence-corrected chi connectivity index (χ3v) is 12.4. The number of anilines is 3. The van der Waals surface area contributed by atoms with E-state index in [1.54, 1.807) is 54.9 Å². The number of aliphatic hydroxyl groups is 1. The third-order valence-electron chi connectivity index (χ3n) is 12.4. The number of hydrogen-bond acceptors (Lipinski definition) is 12. The minimum atomic E-state index is -1.18. The SMILES string of the molecule is C=CCn1c(=O)c2cnc(Nc3ccc(C4CCN(CC5CCN(c6ccc7c(c6)C(=O)N(C6CCC(=O)NC6=O)C7=O)C5)CC4)cc3)nc2n1-c1cccc(C(C)(C)O)n1. The van der Waals surface area contributed by atoms with Crippen LogP contribution in [0.5, 0.6) is 0 Å².